The number of amides is 2. The van der Waals surface area contributed by atoms with Gasteiger partial charge in [0.25, 0.3) is 18.0 Å². The van der Waals surface area contributed by atoms with Gasteiger partial charge in [-0.05, 0) is 443 Å². The number of piperidine rings is 5. The number of likely N-dealkylation sites (tertiary alicyclic amines) is 2. The number of carboxylic acids is 1. The molecule has 10 heterocycles. The summed E-state index contributed by atoms with van der Waals surface area (Å²) in [5.41, 5.74) is 26.5. The lowest BCUT2D eigenvalue weighted by Crippen LogP contribution is -2.48. The molecule has 0 spiro atoms. The van der Waals surface area contributed by atoms with Crippen molar-refractivity contribution in [3.8, 4) is 6.07 Å². The molecule has 15 atom stereocenters. The van der Waals surface area contributed by atoms with Gasteiger partial charge in [0.2, 0.25) is 0 Å². The summed E-state index contributed by atoms with van der Waals surface area (Å²) in [5, 5.41) is 32.5. The standard InChI is InChI=1S/2C27H26BrClN2O2.2C20H19BrClN3.C20H20BrClN2O2/c2*1-33-24-15-19(11-12-31(24)27(32)17-5-3-2-4-6-17)25-23-10-9-22(29)14-18(23)7-8-20-13-21(28)16-30-26(20)25;1-23-18-10-13(6-7-24-18)19-17-5-4-16(22)9-12(17)2-3-14-8-15(21)11-25-20(14)19;21-15-7-14-2-1-12-8-16(22)3-4-18(12)19(20(14)25-11-15)13-5-6-24-17(9-13)10-23;21-14-7-13-2-1-11-8-15(22)3-4-16(11)18(19(13)24-10-14)12-5-6-23-17(9-12)20(25)26/h2*2-6,9-10,13-14,16,19,24-25H,7-8,11-12,15H2,1H3;4-5,8-9,11,13,18-19,24H,2-3,6-7,10H2;3-4,7-8,11,13,17,19,24H,1-2,5-6,9H2;3-4,7-8,10,12,17-18,23H,1-2,5-6,9H2,(H,25,26)/t19?,24?,25-;19-,24?,25-;13?,18?,19-;13?,17?,19-;12?,17?,18-/m11111/s1. The Labute approximate surface area is 898 Å². The number of carbonyl (C=O) groups excluding carboxylic acids is 2. The average molecular weight is 2320 g/mol. The van der Waals surface area contributed by atoms with Gasteiger partial charge in [-0.25, -0.2) is 11.9 Å². The first-order valence-electron chi connectivity index (χ1n) is 49.0. The molecule has 28 heteroatoms. The number of pyridine rings is 5. The fraction of sp³-hybridized carbons (Fsp3) is 0.368. The molecule has 7 aromatic carbocycles. The van der Waals surface area contributed by atoms with Crippen LogP contribution < -0.4 is 16.0 Å². The van der Waals surface area contributed by atoms with Crippen LogP contribution in [0.1, 0.15) is 226 Å². The van der Waals surface area contributed by atoms with E-state index in [2.05, 4.69) is 198 Å². The number of ether oxygens (including phenoxy) is 2. The summed E-state index contributed by atoms with van der Waals surface area (Å²) in [6.07, 6.45) is 27.0. The number of hydrogen-bond acceptors (Lipinski definition) is 14. The van der Waals surface area contributed by atoms with Gasteiger partial charge < -0.3 is 35.0 Å². The number of halogens is 10. The number of fused-ring (bicyclic) bond motifs is 10. The van der Waals surface area contributed by atoms with Crippen molar-refractivity contribution in [1.82, 2.24) is 50.7 Å². The first-order chi connectivity index (χ1) is 68.9. The Kier molecular flexibility index (Phi) is 34.5. The molecule has 2 amide bonds. The lowest BCUT2D eigenvalue weighted by molar-refractivity contribution is -0.140. The molecule has 0 radical (unpaired) electrons. The molecule has 22 rings (SSSR count). The van der Waals surface area contributed by atoms with E-state index >= 15 is 0 Å². The van der Waals surface area contributed by atoms with Gasteiger partial charge in [0.15, 0.2) is 0 Å². The molecule has 4 N–H and O–H groups in total. The molecule has 5 aliphatic carbocycles. The quantitative estimate of drug-likeness (QED) is 0.0934. The SMILES string of the molecule is COC1CC([C@@H]2c3ccc(Cl)cc3CCc3cc(Br)cnc32)CCN1C(=O)c1ccccc1.COC1C[C@H]([C@@H]2c3ccc(Cl)cc3CCc3cc(Br)cnc32)CCN1C(=O)c1ccccc1.N#CC1CC([C@@H]2c3ccc(Cl)cc3CCc3cc(Br)cnc32)CCN1.O=C(O)C1CC([C@@H]2c3ccc(Cl)cc3CCc3cc(Br)cnc32)CCN1.[C-]#[N+]C1CC([C@@H]2c3ccc(Cl)cc3CCc3cc(Br)cnc32)CCN1. The highest BCUT2D eigenvalue weighted by Gasteiger charge is 2.45. The van der Waals surface area contributed by atoms with Gasteiger partial charge in [0, 0.05) is 159 Å². The first kappa shape index (κ1) is 103. The second-order valence-corrected chi connectivity index (χ2v) is 45.5. The van der Waals surface area contributed by atoms with Crippen LogP contribution in [0.3, 0.4) is 0 Å². The smallest absolute Gasteiger partial charge is 0.320 e. The molecular weight excluding hydrogens is 2210 g/mol. The number of hydrogen-bond donors (Lipinski definition) is 4. The largest absolute Gasteiger partial charge is 0.480 e. The number of nitrogens with one attached hydrogen (secondary N) is 3. The second kappa shape index (κ2) is 47.4. The van der Waals surface area contributed by atoms with E-state index in [0.717, 1.165) is 200 Å². The zero-order chi connectivity index (χ0) is 98.9. The van der Waals surface area contributed by atoms with Crippen LogP contribution in [-0.4, -0.2) is 135 Å². The van der Waals surface area contributed by atoms with Crippen molar-refractivity contribution in [3.63, 3.8) is 0 Å². The Morgan fingerprint density at radius 2 is 0.662 bits per heavy atom. The number of aliphatic carboxylic acids is 1. The minimum Gasteiger partial charge on any atom is -0.480 e. The Bertz CT molecular complexity index is 6130. The maximum absolute atomic E-state index is 13.2. The summed E-state index contributed by atoms with van der Waals surface area (Å²) in [7, 11) is 3.39. The molecular formula is C114H110Br5Cl5N12O6. The van der Waals surface area contributed by atoms with Gasteiger partial charge >= 0.3 is 5.97 Å². The minimum absolute atomic E-state index is 0.0244. The summed E-state index contributed by atoms with van der Waals surface area (Å²) in [4.78, 5) is 69.7. The number of carboxylic acid groups (broad SMARTS) is 1. The molecule has 5 aromatic heterocycles. The molecule has 0 saturated carbocycles. The van der Waals surface area contributed by atoms with Crippen LogP contribution in [0.25, 0.3) is 4.85 Å². The number of benzene rings is 7. The Balaban J connectivity index is 0.000000118. The highest BCUT2D eigenvalue weighted by atomic mass is 79.9. The molecule has 0 bridgehead atoms. The van der Waals surface area contributed by atoms with E-state index in [0.29, 0.717) is 60.9 Å². The van der Waals surface area contributed by atoms with Crippen molar-refractivity contribution in [2.24, 2.45) is 29.6 Å². The summed E-state index contributed by atoms with van der Waals surface area (Å²) in [6.45, 7) is 11.2. The van der Waals surface area contributed by atoms with E-state index in [9.17, 15) is 24.8 Å². The second-order valence-electron chi connectivity index (χ2n) is 38.7. The van der Waals surface area contributed by atoms with E-state index in [4.69, 9.17) is 99.0 Å². The molecule has 18 nitrogen and oxygen atoms in total. The zero-order valence-corrected chi connectivity index (χ0v) is 90.5. The van der Waals surface area contributed by atoms with Crippen LogP contribution in [0.4, 0.5) is 0 Å². The lowest BCUT2D eigenvalue weighted by atomic mass is 9.75. The number of methoxy groups -OCH3 is 2. The highest BCUT2D eigenvalue weighted by molar-refractivity contribution is 9.11. The third-order valence-electron chi connectivity index (χ3n) is 30.4. The Morgan fingerprint density at radius 3 is 0.958 bits per heavy atom. The van der Waals surface area contributed by atoms with Crippen molar-refractivity contribution in [2.45, 2.75) is 189 Å². The Morgan fingerprint density at radius 1 is 0.380 bits per heavy atom. The number of rotatable bonds is 10. The fourth-order valence-corrected chi connectivity index (χ4v) is 26.7. The molecule has 5 aliphatic heterocycles. The maximum atomic E-state index is 13.2. The normalized spacial score (nSPS) is 23.9. The van der Waals surface area contributed by atoms with Crippen molar-refractivity contribution in [3.05, 3.63) is 395 Å². The van der Waals surface area contributed by atoms with Crippen LogP contribution in [-0.2, 0) is 78.5 Å². The lowest BCUT2D eigenvalue weighted by Gasteiger charge is -2.41. The van der Waals surface area contributed by atoms with Gasteiger partial charge in [0.05, 0.1) is 40.6 Å². The maximum Gasteiger partial charge on any atom is 0.320 e. The molecule has 732 valence electrons. The van der Waals surface area contributed by atoms with Gasteiger partial charge in [-0.1, -0.05) is 125 Å². The highest BCUT2D eigenvalue weighted by Crippen LogP contribution is 2.52. The van der Waals surface area contributed by atoms with Crippen molar-refractivity contribution in [1.29, 1.82) is 5.26 Å². The van der Waals surface area contributed by atoms with Crippen LogP contribution in [0.15, 0.2) is 235 Å². The summed E-state index contributed by atoms with van der Waals surface area (Å²) < 4.78 is 16.8. The van der Waals surface area contributed by atoms with Crippen LogP contribution in [0.2, 0.25) is 25.1 Å². The number of carbonyl (C=O) groups is 3. The number of aryl methyl sites for hydroxylation is 10. The third kappa shape index (κ3) is 23.8. The van der Waals surface area contributed by atoms with Crippen molar-refractivity contribution in [2.75, 3.05) is 46.9 Å². The predicted octanol–water partition coefficient (Wildman–Crippen LogP) is 26.3. The summed E-state index contributed by atoms with van der Waals surface area (Å²) in [6, 6.07) is 62.9. The van der Waals surface area contributed by atoms with Crippen molar-refractivity contribution >= 4 is 155 Å². The fourth-order valence-electron chi connectivity index (χ4n) is 23.8. The predicted molar refractivity (Wildman–Crippen MR) is 579 cm³/mol. The van der Waals surface area contributed by atoms with Gasteiger partial charge in [-0.3, -0.25) is 44.1 Å². The summed E-state index contributed by atoms with van der Waals surface area (Å²) in [5.74, 6) is 1.84. The molecule has 142 heavy (non-hydrogen) atoms. The summed E-state index contributed by atoms with van der Waals surface area (Å²) >= 11 is 49.4. The first-order valence-corrected chi connectivity index (χ1v) is 54.9. The molecule has 10 aliphatic rings. The van der Waals surface area contributed by atoms with Gasteiger partial charge in [0.1, 0.15) is 18.5 Å². The topological polar surface area (TPSA) is 225 Å². The molecule has 5 fully saturated rings. The molecule has 12 aromatic rings. The molecule has 5 saturated heterocycles. The van der Waals surface area contributed by atoms with E-state index in [1.165, 1.54) is 94.8 Å². The molecule has 9 unspecified atom stereocenters. The van der Waals surface area contributed by atoms with Crippen molar-refractivity contribution < 1.29 is 29.0 Å². The van der Waals surface area contributed by atoms with E-state index < -0.39 is 12.0 Å². The van der Waals surface area contributed by atoms with Gasteiger partial charge in [-0.2, -0.15) is 5.26 Å². The average Bonchev–Trinajstić information content (AvgIpc) is 1.59. The van der Waals surface area contributed by atoms with E-state index in [1.54, 1.807) is 14.2 Å². The van der Waals surface area contributed by atoms with Crippen LogP contribution >= 0.6 is 138 Å². The number of nitriles is 1. The minimum atomic E-state index is -0.774. The zero-order valence-electron chi connectivity index (χ0n) is 78.8. The van der Waals surface area contributed by atoms with E-state index in [1.807, 2.05) is 132 Å². The van der Waals surface area contributed by atoms with Gasteiger partial charge in [-0.15, -0.1) is 0 Å². The number of nitrogens with zero attached hydrogens (tertiary/aromatic N) is 9. The van der Waals surface area contributed by atoms with Crippen LogP contribution in [0.5, 0.6) is 0 Å². The monoisotopic (exact) mass is 2310 g/mol. The Hall–Kier alpha value is -8.67. The van der Waals surface area contributed by atoms with Crippen LogP contribution in [0, 0.1) is 47.5 Å². The van der Waals surface area contributed by atoms with E-state index in [-0.39, 0.29) is 72.0 Å². The third-order valence-corrected chi connectivity index (χ3v) is 33.7. The number of aromatic nitrogens is 5.